The van der Waals surface area contributed by atoms with Crippen LogP contribution in [0.25, 0.3) is 0 Å². The number of hydrogen-bond donors (Lipinski definition) is 1. The van der Waals surface area contributed by atoms with E-state index in [4.69, 9.17) is 9.15 Å². The van der Waals surface area contributed by atoms with Crippen LogP contribution in [0.3, 0.4) is 0 Å². The standard InChI is InChI=1S/C16H16F4N2O3/c1-22(2)6-5-21-16(23)12-4-3-9(25-12)8-24-15-13(19)10(17)7-11(18)14(15)20/h3-4,7H,5-6,8H2,1-2H3,(H,21,23). The van der Waals surface area contributed by atoms with Crippen LogP contribution in [0.1, 0.15) is 16.3 Å². The van der Waals surface area contributed by atoms with Crippen LogP contribution < -0.4 is 10.1 Å². The van der Waals surface area contributed by atoms with Crippen molar-refractivity contribution in [2.75, 3.05) is 27.2 Å². The largest absolute Gasteiger partial charge is 0.479 e. The Morgan fingerprint density at radius 1 is 1.16 bits per heavy atom. The van der Waals surface area contributed by atoms with Crippen molar-refractivity contribution in [1.82, 2.24) is 10.2 Å². The number of nitrogens with one attached hydrogen (secondary N) is 1. The maximum Gasteiger partial charge on any atom is 0.287 e. The average molecular weight is 360 g/mol. The van der Waals surface area contributed by atoms with E-state index in [0.29, 0.717) is 13.1 Å². The van der Waals surface area contributed by atoms with Crippen molar-refractivity contribution in [1.29, 1.82) is 0 Å². The van der Waals surface area contributed by atoms with Gasteiger partial charge in [-0.05, 0) is 26.2 Å². The summed E-state index contributed by atoms with van der Waals surface area (Å²) in [5.41, 5.74) is 0. The molecule has 0 atom stereocenters. The first-order valence-electron chi connectivity index (χ1n) is 7.27. The molecule has 1 amide bonds. The number of carbonyl (C=O) groups is 1. The fourth-order valence-corrected chi connectivity index (χ4v) is 1.88. The molecule has 1 aromatic heterocycles. The van der Waals surface area contributed by atoms with Gasteiger partial charge in [0, 0.05) is 19.2 Å². The molecule has 2 aromatic rings. The van der Waals surface area contributed by atoms with E-state index in [1.165, 1.54) is 12.1 Å². The number of amides is 1. The third-order valence-corrected chi connectivity index (χ3v) is 3.16. The first-order valence-corrected chi connectivity index (χ1v) is 7.27. The highest BCUT2D eigenvalue weighted by Gasteiger charge is 2.21. The smallest absolute Gasteiger partial charge is 0.287 e. The molecule has 1 N–H and O–H groups in total. The molecule has 0 saturated carbocycles. The van der Waals surface area contributed by atoms with E-state index in [0.717, 1.165) is 0 Å². The van der Waals surface area contributed by atoms with E-state index in [1.807, 2.05) is 19.0 Å². The van der Waals surface area contributed by atoms with Crippen LogP contribution in [0.2, 0.25) is 0 Å². The molecule has 5 nitrogen and oxygen atoms in total. The van der Waals surface area contributed by atoms with Crippen molar-refractivity contribution in [3.63, 3.8) is 0 Å². The minimum atomic E-state index is -1.65. The Kier molecular flexibility index (Phi) is 6.02. The van der Waals surface area contributed by atoms with Crippen molar-refractivity contribution in [3.8, 4) is 5.75 Å². The number of likely N-dealkylation sites (N-methyl/N-ethyl adjacent to an activating group) is 1. The number of furan rings is 1. The van der Waals surface area contributed by atoms with Gasteiger partial charge >= 0.3 is 0 Å². The Balaban J connectivity index is 1.99. The zero-order chi connectivity index (χ0) is 18.6. The summed E-state index contributed by atoms with van der Waals surface area (Å²) >= 11 is 0. The van der Waals surface area contributed by atoms with E-state index in [9.17, 15) is 22.4 Å². The van der Waals surface area contributed by atoms with Crippen molar-refractivity contribution >= 4 is 5.91 Å². The molecule has 0 aliphatic carbocycles. The molecule has 2 rings (SSSR count). The molecule has 1 aromatic carbocycles. The van der Waals surface area contributed by atoms with Gasteiger partial charge in [0.1, 0.15) is 12.4 Å². The molecule has 0 bridgehead atoms. The molecule has 1 heterocycles. The number of hydrogen-bond acceptors (Lipinski definition) is 4. The lowest BCUT2D eigenvalue weighted by Crippen LogP contribution is -2.31. The monoisotopic (exact) mass is 360 g/mol. The van der Waals surface area contributed by atoms with Gasteiger partial charge in [0.15, 0.2) is 23.1 Å². The second kappa shape index (κ2) is 8.02. The Morgan fingerprint density at radius 2 is 1.80 bits per heavy atom. The van der Waals surface area contributed by atoms with E-state index < -0.39 is 41.5 Å². The van der Waals surface area contributed by atoms with Crippen molar-refractivity contribution in [2.24, 2.45) is 0 Å². The Morgan fingerprint density at radius 3 is 2.40 bits per heavy atom. The fourth-order valence-electron chi connectivity index (χ4n) is 1.88. The van der Waals surface area contributed by atoms with Gasteiger partial charge in [-0.3, -0.25) is 4.79 Å². The van der Waals surface area contributed by atoms with Gasteiger partial charge in [0.2, 0.25) is 11.6 Å². The van der Waals surface area contributed by atoms with Crippen LogP contribution >= 0.6 is 0 Å². The first kappa shape index (κ1) is 18.8. The highest BCUT2D eigenvalue weighted by Crippen LogP contribution is 2.27. The van der Waals surface area contributed by atoms with Gasteiger partial charge in [-0.25, -0.2) is 8.78 Å². The van der Waals surface area contributed by atoms with Crippen molar-refractivity contribution < 1.29 is 31.5 Å². The van der Waals surface area contributed by atoms with Gasteiger partial charge in [0.05, 0.1) is 0 Å². The number of ether oxygens (including phenoxy) is 1. The van der Waals surface area contributed by atoms with Gasteiger partial charge in [-0.2, -0.15) is 8.78 Å². The van der Waals surface area contributed by atoms with Crippen LogP contribution in [0.15, 0.2) is 22.6 Å². The highest BCUT2D eigenvalue weighted by molar-refractivity contribution is 5.91. The SMILES string of the molecule is CN(C)CCNC(=O)c1ccc(COc2c(F)c(F)cc(F)c2F)o1. The highest BCUT2D eigenvalue weighted by atomic mass is 19.2. The minimum Gasteiger partial charge on any atom is -0.479 e. The van der Waals surface area contributed by atoms with E-state index in [-0.39, 0.29) is 17.6 Å². The second-order valence-corrected chi connectivity index (χ2v) is 5.41. The summed E-state index contributed by atoms with van der Waals surface area (Å²) in [6, 6.07) is 2.79. The molecule has 0 unspecified atom stereocenters. The van der Waals surface area contributed by atoms with Gasteiger partial charge in [0.25, 0.3) is 5.91 Å². The molecular weight excluding hydrogens is 344 g/mol. The maximum atomic E-state index is 13.5. The molecule has 0 fully saturated rings. The van der Waals surface area contributed by atoms with Crippen molar-refractivity contribution in [2.45, 2.75) is 6.61 Å². The Labute approximate surface area is 141 Å². The maximum absolute atomic E-state index is 13.5. The van der Waals surface area contributed by atoms with Gasteiger partial charge in [-0.1, -0.05) is 0 Å². The summed E-state index contributed by atoms with van der Waals surface area (Å²) in [6.07, 6.45) is 0. The molecule has 9 heteroatoms. The van der Waals surface area contributed by atoms with Crippen LogP contribution in [0, 0.1) is 23.3 Å². The zero-order valence-corrected chi connectivity index (χ0v) is 13.5. The molecular formula is C16H16F4N2O3. The molecule has 136 valence electrons. The normalized spacial score (nSPS) is 11.0. The zero-order valence-electron chi connectivity index (χ0n) is 13.5. The Bertz CT molecular complexity index is 736. The van der Waals surface area contributed by atoms with E-state index in [1.54, 1.807) is 0 Å². The predicted molar refractivity (Wildman–Crippen MR) is 80.2 cm³/mol. The summed E-state index contributed by atoms with van der Waals surface area (Å²) in [4.78, 5) is 13.7. The number of benzene rings is 1. The summed E-state index contributed by atoms with van der Waals surface area (Å²) in [5.74, 6) is -8.07. The summed E-state index contributed by atoms with van der Waals surface area (Å²) in [6.45, 7) is 0.519. The number of rotatable bonds is 7. The lowest BCUT2D eigenvalue weighted by Gasteiger charge is -2.09. The number of carbonyl (C=O) groups excluding carboxylic acids is 1. The molecule has 0 aliphatic rings. The third kappa shape index (κ3) is 4.72. The van der Waals surface area contributed by atoms with Gasteiger partial charge in [-0.15, -0.1) is 0 Å². The van der Waals surface area contributed by atoms with Gasteiger partial charge < -0.3 is 19.4 Å². The lowest BCUT2D eigenvalue weighted by molar-refractivity contribution is 0.0919. The van der Waals surface area contributed by atoms with Crippen LogP contribution in [0.5, 0.6) is 5.75 Å². The second-order valence-electron chi connectivity index (χ2n) is 5.41. The van der Waals surface area contributed by atoms with Crippen molar-refractivity contribution in [3.05, 3.63) is 53.0 Å². The lowest BCUT2D eigenvalue weighted by atomic mass is 10.3. The molecule has 25 heavy (non-hydrogen) atoms. The average Bonchev–Trinajstić information content (AvgIpc) is 3.01. The Hall–Kier alpha value is -2.55. The van der Waals surface area contributed by atoms with Crippen LogP contribution in [-0.4, -0.2) is 38.0 Å². The quantitative estimate of drug-likeness (QED) is 0.609. The summed E-state index contributed by atoms with van der Waals surface area (Å²) in [5, 5.41) is 2.62. The van der Waals surface area contributed by atoms with Crippen LogP contribution in [0.4, 0.5) is 17.6 Å². The van der Waals surface area contributed by atoms with Crippen LogP contribution in [-0.2, 0) is 6.61 Å². The summed E-state index contributed by atoms with van der Waals surface area (Å²) in [7, 11) is 3.70. The fraction of sp³-hybridized carbons (Fsp3) is 0.312. The minimum absolute atomic E-state index is 0.0243. The third-order valence-electron chi connectivity index (χ3n) is 3.16. The summed E-state index contributed by atoms with van der Waals surface area (Å²) < 4.78 is 63.1. The molecule has 0 spiro atoms. The molecule has 0 aliphatic heterocycles. The number of nitrogens with zero attached hydrogens (tertiary/aromatic N) is 1. The predicted octanol–water partition coefficient (Wildman–Crippen LogP) is 2.71. The van der Waals surface area contributed by atoms with E-state index >= 15 is 0 Å². The molecule has 0 radical (unpaired) electrons. The number of halogens is 4. The molecule has 0 saturated heterocycles. The topological polar surface area (TPSA) is 54.7 Å². The first-order chi connectivity index (χ1) is 11.8. The van der Waals surface area contributed by atoms with E-state index in [2.05, 4.69) is 5.32 Å².